The first-order chi connectivity index (χ1) is 24.8. The zero-order chi connectivity index (χ0) is 33.1. The summed E-state index contributed by atoms with van der Waals surface area (Å²) in [5, 5.41) is 0. The summed E-state index contributed by atoms with van der Waals surface area (Å²) in [6.45, 7) is 0. The van der Waals surface area contributed by atoms with Gasteiger partial charge in [0, 0.05) is 16.9 Å². The molecule has 0 amide bonds. The minimum atomic E-state index is -0.520. The maximum Gasteiger partial charge on any atom is 0.0726 e. The van der Waals surface area contributed by atoms with Crippen molar-refractivity contribution in [3.05, 3.63) is 222 Å². The Morgan fingerprint density at radius 1 is 0.280 bits per heavy atom. The van der Waals surface area contributed by atoms with Crippen LogP contribution in [0.3, 0.4) is 0 Å². The van der Waals surface area contributed by atoms with Crippen molar-refractivity contribution in [3.8, 4) is 44.5 Å². The number of anilines is 3. The molecule has 1 heteroatoms. The van der Waals surface area contributed by atoms with Crippen LogP contribution in [0.5, 0.6) is 0 Å². The number of para-hydroxylation sites is 1. The molecule has 2 aliphatic carbocycles. The molecule has 0 fully saturated rings. The molecule has 0 atom stereocenters. The van der Waals surface area contributed by atoms with Crippen molar-refractivity contribution in [2.75, 3.05) is 4.90 Å². The zero-order valence-corrected chi connectivity index (χ0v) is 27.5. The molecule has 1 spiro atoms. The van der Waals surface area contributed by atoms with Gasteiger partial charge in [0.05, 0.1) is 11.1 Å². The van der Waals surface area contributed by atoms with E-state index in [1.54, 1.807) is 0 Å². The van der Waals surface area contributed by atoms with Gasteiger partial charge in [0.25, 0.3) is 0 Å². The highest BCUT2D eigenvalue weighted by Crippen LogP contribution is 2.63. The molecule has 0 unspecified atom stereocenters. The SMILES string of the molecule is c1ccc(-c2ccc(N(c3ccccc3)c3cccc4c3-c3ccccc3C43c4ccccc4-c4ccccc4-c4ccccc43)cc2)cc1. The lowest BCUT2D eigenvalue weighted by molar-refractivity contribution is 0.775. The first-order valence-electron chi connectivity index (χ1n) is 17.4. The second-order valence-electron chi connectivity index (χ2n) is 13.2. The van der Waals surface area contributed by atoms with Crippen LogP contribution < -0.4 is 4.90 Å². The third-order valence-corrected chi connectivity index (χ3v) is 10.7. The molecule has 0 saturated heterocycles. The lowest BCUT2D eigenvalue weighted by Crippen LogP contribution is -2.29. The van der Waals surface area contributed by atoms with Crippen LogP contribution in [0.4, 0.5) is 17.1 Å². The fourth-order valence-electron chi connectivity index (χ4n) is 8.70. The van der Waals surface area contributed by atoms with Crippen molar-refractivity contribution in [2.45, 2.75) is 5.41 Å². The summed E-state index contributed by atoms with van der Waals surface area (Å²) in [5.41, 5.74) is 18.3. The number of nitrogens with zero attached hydrogens (tertiary/aromatic N) is 1. The van der Waals surface area contributed by atoms with Crippen LogP contribution >= 0.6 is 0 Å². The van der Waals surface area contributed by atoms with E-state index in [1.165, 1.54) is 72.4 Å². The molecule has 0 saturated carbocycles. The lowest BCUT2D eigenvalue weighted by Gasteiger charge is -2.35. The second kappa shape index (κ2) is 11.3. The predicted octanol–water partition coefficient (Wildman–Crippen LogP) is 12.8. The van der Waals surface area contributed by atoms with E-state index in [2.05, 4.69) is 205 Å². The smallest absolute Gasteiger partial charge is 0.0726 e. The Bertz CT molecular complexity index is 2460. The van der Waals surface area contributed by atoms with Gasteiger partial charge in [0.2, 0.25) is 0 Å². The maximum absolute atomic E-state index is 2.44. The molecule has 2 aliphatic rings. The summed E-state index contributed by atoms with van der Waals surface area (Å²) in [7, 11) is 0. The van der Waals surface area contributed by atoms with Gasteiger partial charge in [0.15, 0.2) is 0 Å². The Labute approximate surface area is 293 Å². The highest BCUT2D eigenvalue weighted by molar-refractivity contribution is 6.01. The van der Waals surface area contributed by atoms with E-state index in [0.717, 1.165) is 11.4 Å². The van der Waals surface area contributed by atoms with Gasteiger partial charge in [-0.1, -0.05) is 170 Å². The zero-order valence-electron chi connectivity index (χ0n) is 27.5. The predicted molar refractivity (Wildman–Crippen MR) is 208 cm³/mol. The van der Waals surface area contributed by atoms with E-state index in [0.29, 0.717) is 0 Å². The van der Waals surface area contributed by atoms with Gasteiger partial charge < -0.3 is 4.90 Å². The van der Waals surface area contributed by atoms with E-state index in [1.807, 2.05) is 0 Å². The first kappa shape index (κ1) is 28.6. The van der Waals surface area contributed by atoms with Gasteiger partial charge in [-0.3, -0.25) is 0 Å². The topological polar surface area (TPSA) is 3.24 Å². The number of benzene rings is 8. The van der Waals surface area contributed by atoms with Crippen molar-refractivity contribution in [3.63, 3.8) is 0 Å². The standard InChI is InChI=1S/C49H33N/c1-3-16-34(17-4-1)35-30-32-37(33-31-35)50(36-18-5-2-6-19-36)47-29-15-28-46-48(47)42-24-11-14-27-45(42)49(46)43-25-12-9-22-40(43)38-20-7-8-21-39(38)41-23-10-13-26-44(41)49/h1-33H. The fourth-order valence-corrected chi connectivity index (χ4v) is 8.70. The molecule has 50 heavy (non-hydrogen) atoms. The third kappa shape index (κ3) is 4.07. The van der Waals surface area contributed by atoms with Crippen LogP contribution in [-0.2, 0) is 5.41 Å². The quantitative estimate of drug-likeness (QED) is 0.186. The van der Waals surface area contributed by atoms with Crippen molar-refractivity contribution < 1.29 is 0 Å². The molecule has 1 nitrogen and oxygen atoms in total. The number of hydrogen-bond donors (Lipinski definition) is 0. The average Bonchev–Trinajstić information content (AvgIpc) is 3.45. The van der Waals surface area contributed by atoms with Gasteiger partial charge in [-0.05, 0) is 91.5 Å². The van der Waals surface area contributed by atoms with Crippen LogP contribution in [0.25, 0.3) is 44.5 Å². The molecule has 0 aromatic heterocycles. The minimum absolute atomic E-state index is 0.520. The molecule has 0 aliphatic heterocycles. The molecule has 0 N–H and O–H groups in total. The fraction of sp³-hybridized carbons (Fsp3) is 0.0204. The Morgan fingerprint density at radius 3 is 1.30 bits per heavy atom. The van der Waals surface area contributed by atoms with Gasteiger partial charge in [0.1, 0.15) is 0 Å². The monoisotopic (exact) mass is 635 g/mol. The Kier molecular flexibility index (Phi) is 6.47. The molecule has 0 heterocycles. The number of hydrogen-bond acceptors (Lipinski definition) is 1. The Morgan fingerprint density at radius 2 is 0.700 bits per heavy atom. The number of fused-ring (bicyclic) bond motifs is 12. The molecule has 8 aromatic rings. The normalized spacial score (nSPS) is 13.0. The summed E-state index contributed by atoms with van der Waals surface area (Å²) >= 11 is 0. The summed E-state index contributed by atoms with van der Waals surface area (Å²) < 4.78 is 0. The van der Waals surface area contributed by atoms with E-state index in [4.69, 9.17) is 0 Å². The van der Waals surface area contributed by atoms with Crippen LogP contribution in [0.1, 0.15) is 22.3 Å². The number of rotatable bonds is 4. The molecular formula is C49H33N. The minimum Gasteiger partial charge on any atom is -0.310 e. The van der Waals surface area contributed by atoms with Gasteiger partial charge in [-0.15, -0.1) is 0 Å². The van der Waals surface area contributed by atoms with Crippen molar-refractivity contribution in [1.29, 1.82) is 0 Å². The third-order valence-electron chi connectivity index (χ3n) is 10.7. The van der Waals surface area contributed by atoms with Crippen molar-refractivity contribution in [2.24, 2.45) is 0 Å². The molecule has 234 valence electrons. The molecule has 0 radical (unpaired) electrons. The maximum atomic E-state index is 2.44. The van der Waals surface area contributed by atoms with Crippen LogP contribution in [0, 0.1) is 0 Å². The Hall–Kier alpha value is -6.44. The van der Waals surface area contributed by atoms with Gasteiger partial charge in [-0.25, -0.2) is 0 Å². The van der Waals surface area contributed by atoms with Gasteiger partial charge >= 0.3 is 0 Å². The van der Waals surface area contributed by atoms with Crippen LogP contribution in [-0.4, -0.2) is 0 Å². The summed E-state index contributed by atoms with van der Waals surface area (Å²) in [6, 6.07) is 73.6. The highest BCUT2D eigenvalue weighted by atomic mass is 15.1. The molecule has 0 bridgehead atoms. The van der Waals surface area contributed by atoms with E-state index in [-0.39, 0.29) is 0 Å². The highest BCUT2D eigenvalue weighted by Gasteiger charge is 2.50. The first-order valence-corrected chi connectivity index (χ1v) is 17.4. The van der Waals surface area contributed by atoms with E-state index < -0.39 is 5.41 Å². The average molecular weight is 636 g/mol. The van der Waals surface area contributed by atoms with E-state index in [9.17, 15) is 0 Å². The molecule has 8 aromatic carbocycles. The molecule has 10 rings (SSSR count). The summed E-state index contributed by atoms with van der Waals surface area (Å²) in [6.07, 6.45) is 0. The van der Waals surface area contributed by atoms with E-state index >= 15 is 0 Å². The van der Waals surface area contributed by atoms with Crippen LogP contribution in [0.15, 0.2) is 200 Å². The van der Waals surface area contributed by atoms with Crippen molar-refractivity contribution >= 4 is 17.1 Å². The molecular weight excluding hydrogens is 603 g/mol. The Balaban J connectivity index is 1.29. The summed E-state index contributed by atoms with van der Waals surface area (Å²) in [5.74, 6) is 0. The largest absolute Gasteiger partial charge is 0.310 e. The summed E-state index contributed by atoms with van der Waals surface area (Å²) in [4.78, 5) is 2.44. The van der Waals surface area contributed by atoms with Crippen LogP contribution in [0.2, 0.25) is 0 Å². The van der Waals surface area contributed by atoms with Gasteiger partial charge in [-0.2, -0.15) is 0 Å². The van der Waals surface area contributed by atoms with Crippen molar-refractivity contribution in [1.82, 2.24) is 0 Å². The second-order valence-corrected chi connectivity index (χ2v) is 13.2. The lowest BCUT2D eigenvalue weighted by atomic mass is 9.66.